The number of hydrogen-bond donors (Lipinski definition) is 1. The first-order valence-electron chi connectivity index (χ1n) is 8.26. The van der Waals surface area contributed by atoms with Gasteiger partial charge in [-0.25, -0.2) is 9.69 Å². The van der Waals surface area contributed by atoms with Crippen LogP contribution in [0.25, 0.3) is 0 Å². The molecule has 132 valence electrons. The van der Waals surface area contributed by atoms with Gasteiger partial charge in [-0.1, -0.05) is 18.2 Å². The fourth-order valence-electron chi connectivity index (χ4n) is 3.41. The minimum absolute atomic E-state index is 0.0539. The Morgan fingerprint density at radius 2 is 1.62 bits per heavy atom. The number of ether oxygens (including phenoxy) is 1. The summed E-state index contributed by atoms with van der Waals surface area (Å²) in [6.45, 7) is 2.44. The average molecular weight is 352 g/mol. The number of para-hydroxylation sites is 2. The first kappa shape index (κ1) is 16.3. The van der Waals surface area contributed by atoms with E-state index in [2.05, 4.69) is 4.90 Å². The Morgan fingerprint density at radius 1 is 0.923 bits per heavy atom. The molecule has 0 atom stereocenters. The molecule has 2 aromatic carbocycles. The van der Waals surface area contributed by atoms with Gasteiger partial charge in [0.2, 0.25) is 0 Å². The van der Waals surface area contributed by atoms with Gasteiger partial charge in [0.25, 0.3) is 11.8 Å². The lowest BCUT2D eigenvalue weighted by Crippen LogP contribution is -2.38. The highest BCUT2D eigenvalue weighted by atomic mass is 16.5. The molecule has 4 rings (SSSR count). The van der Waals surface area contributed by atoms with Crippen molar-refractivity contribution in [2.45, 2.75) is 0 Å². The largest absolute Gasteiger partial charge is 0.478 e. The number of amides is 2. The molecular weight excluding hydrogens is 336 g/mol. The zero-order chi connectivity index (χ0) is 18.3. The summed E-state index contributed by atoms with van der Waals surface area (Å²) in [5.41, 5.74) is 1.11. The lowest BCUT2D eigenvalue weighted by Gasteiger charge is -2.32. The molecule has 0 aromatic heterocycles. The number of aromatic carboxylic acids is 1. The fraction of sp³-hybridized carbons (Fsp3) is 0.211. The molecule has 2 aliphatic rings. The van der Waals surface area contributed by atoms with Crippen LogP contribution in [0.3, 0.4) is 0 Å². The normalized spacial score (nSPS) is 16.8. The minimum atomic E-state index is -1.23. The Labute approximate surface area is 149 Å². The number of nitrogens with zero attached hydrogens (tertiary/aromatic N) is 2. The quantitative estimate of drug-likeness (QED) is 0.851. The van der Waals surface area contributed by atoms with Gasteiger partial charge < -0.3 is 14.7 Å². The zero-order valence-electron chi connectivity index (χ0n) is 13.8. The molecule has 0 saturated carbocycles. The first-order valence-corrected chi connectivity index (χ1v) is 8.26. The molecule has 0 aliphatic carbocycles. The van der Waals surface area contributed by atoms with Crippen LogP contribution in [-0.2, 0) is 4.74 Å². The van der Waals surface area contributed by atoms with E-state index < -0.39 is 17.8 Å². The lowest BCUT2D eigenvalue weighted by molar-refractivity contribution is 0.0692. The highest BCUT2D eigenvalue weighted by molar-refractivity contribution is 6.36. The molecule has 1 N–H and O–H groups in total. The van der Waals surface area contributed by atoms with E-state index in [0.29, 0.717) is 32.0 Å². The van der Waals surface area contributed by atoms with Crippen molar-refractivity contribution in [3.05, 3.63) is 59.2 Å². The van der Waals surface area contributed by atoms with E-state index in [1.165, 1.54) is 18.2 Å². The van der Waals surface area contributed by atoms with Crippen LogP contribution < -0.4 is 9.80 Å². The number of morpholine rings is 1. The Balaban J connectivity index is 1.81. The number of carboxylic acids is 1. The summed E-state index contributed by atoms with van der Waals surface area (Å²) in [7, 11) is 0. The second-order valence-electron chi connectivity index (χ2n) is 6.07. The summed E-state index contributed by atoms with van der Waals surface area (Å²) in [6, 6.07) is 11.4. The van der Waals surface area contributed by atoms with Crippen LogP contribution in [0.4, 0.5) is 11.4 Å². The molecule has 0 bridgehead atoms. The van der Waals surface area contributed by atoms with Crippen molar-refractivity contribution < 1.29 is 24.2 Å². The summed E-state index contributed by atoms with van der Waals surface area (Å²) in [5.74, 6) is -2.34. The van der Waals surface area contributed by atoms with E-state index in [4.69, 9.17) is 4.74 Å². The van der Waals surface area contributed by atoms with Gasteiger partial charge in [0.15, 0.2) is 0 Å². The van der Waals surface area contributed by atoms with Crippen LogP contribution >= 0.6 is 0 Å². The molecule has 2 heterocycles. The molecule has 7 nitrogen and oxygen atoms in total. The molecule has 0 spiro atoms. The maximum atomic E-state index is 13.0. The van der Waals surface area contributed by atoms with Crippen LogP contribution in [0, 0.1) is 0 Å². The Morgan fingerprint density at radius 3 is 2.31 bits per heavy atom. The van der Waals surface area contributed by atoms with Crippen molar-refractivity contribution in [2.75, 3.05) is 36.1 Å². The Bertz CT molecular complexity index is 918. The molecule has 7 heteroatoms. The summed E-state index contributed by atoms with van der Waals surface area (Å²) in [5, 5.41) is 9.36. The van der Waals surface area contributed by atoms with Crippen molar-refractivity contribution in [1.29, 1.82) is 0 Å². The molecule has 1 saturated heterocycles. The third kappa shape index (κ3) is 2.44. The standard InChI is InChI=1S/C19H16N2O5/c22-17-12-4-3-5-13(19(24)25)16(12)18(23)21(17)15-7-2-1-6-14(15)20-8-10-26-11-9-20/h1-7H,8-11H2,(H,24,25). The second kappa shape index (κ2) is 6.27. The summed E-state index contributed by atoms with van der Waals surface area (Å²) >= 11 is 0. The average Bonchev–Trinajstić information content (AvgIpc) is 2.93. The number of carboxylic acid groups (broad SMARTS) is 1. The molecule has 2 aliphatic heterocycles. The van der Waals surface area contributed by atoms with Gasteiger partial charge in [0, 0.05) is 13.1 Å². The van der Waals surface area contributed by atoms with Crippen LogP contribution in [0.5, 0.6) is 0 Å². The molecule has 2 amide bonds. The Kier molecular flexibility index (Phi) is 3.93. The third-order valence-corrected chi connectivity index (χ3v) is 4.62. The third-order valence-electron chi connectivity index (χ3n) is 4.62. The van der Waals surface area contributed by atoms with E-state index in [9.17, 15) is 19.5 Å². The maximum absolute atomic E-state index is 13.0. The number of carbonyl (C=O) groups excluding carboxylic acids is 2. The highest BCUT2D eigenvalue weighted by Crippen LogP contribution is 2.36. The topological polar surface area (TPSA) is 87.2 Å². The molecular formula is C19H16N2O5. The second-order valence-corrected chi connectivity index (χ2v) is 6.07. The van der Waals surface area contributed by atoms with Gasteiger partial charge in [0.05, 0.1) is 41.3 Å². The predicted molar refractivity (Wildman–Crippen MR) is 94.0 cm³/mol. The van der Waals surface area contributed by atoms with Crippen molar-refractivity contribution in [3.63, 3.8) is 0 Å². The number of benzene rings is 2. The summed E-state index contributed by atoms with van der Waals surface area (Å²) < 4.78 is 5.37. The highest BCUT2D eigenvalue weighted by Gasteiger charge is 2.40. The van der Waals surface area contributed by atoms with Gasteiger partial charge >= 0.3 is 5.97 Å². The van der Waals surface area contributed by atoms with Crippen molar-refractivity contribution >= 4 is 29.2 Å². The number of anilines is 2. The lowest BCUT2D eigenvalue weighted by atomic mass is 10.0. The van der Waals surface area contributed by atoms with Gasteiger partial charge in [-0.15, -0.1) is 0 Å². The molecule has 1 fully saturated rings. The molecule has 0 radical (unpaired) electrons. The monoisotopic (exact) mass is 352 g/mol. The van der Waals surface area contributed by atoms with Gasteiger partial charge in [-0.2, -0.15) is 0 Å². The Hall–Kier alpha value is -3.19. The van der Waals surface area contributed by atoms with Crippen LogP contribution in [0.15, 0.2) is 42.5 Å². The molecule has 2 aromatic rings. The van der Waals surface area contributed by atoms with Crippen molar-refractivity contribution in [1.82, 2.24) is 0 Å². The number of fused-ring (bicyclic) bond motifs is 1. The van der Waals surface area contributed by atoms with E-state index in [1.54, 1.807) is 12.1 Å². The number of hydrogen-bond acceptors (Lipinski definition) is 5. The van der Waals surface area contributed by atoms with E-state index in [-0.39, 0.29) is 16.7 Å². The van der Waals surface area contributed by atoms with Gasteiger partial charge in [-0.3, -0.25) is 9.59 Å². The SMILES string of the molecule is O=C(O)c1cccc2c1C(=O)N(c1ccccc1N1CCOCC1)C2=O. The first-order chi connectivity index (χ1) is 12.6. The fourth-order valence-corrected chi connectivity index (χ4v) is 3.41. The smallest absolute Gasteiger partial charge is 0.336 e. The summed E-state index contributed by atoms with van der Waals surface area (Å²) in [4.78, 5) is 40.4. The van der Waals surface area contributed by atoms with E-state index >= 15 is 0 Å². The summed E-state index contributed by atoms with van der Waals surface area (Å²) in [6.07, 6.45) is 0. The van der Waals surface area contributed by atoms with E-state index in [1.807, 2.05) is 12.1 Å². The van der Waals surface area contributed by atoms with Crippen molar-refractivity contribution in [2.24, 2.45) is 0 Å². The van der Waals surface area contributed by atoms with Crippen LogP contribution in [0.2, 0.25) is 0 Å². The number of imide groups is 1. The minimum Gasteiger partial charge on any atom is -0.478 e. The van der Waals surface area contributed by atoms with Gasteiger partial charge in [-0.05, 0) is 24.3 Å². The molecule has 0 unspecified atom stereocenters. The maximum Gasteiger partial charge on any atom is 0.336 e. The number of rotatable bonds is 3. The predicted octanol–water partition coefficient (Wildman–Crippen LogP) is 2.02. The van der Waals surface area contributed by atoms with Crippen LogP contribution in [0.1, 0.15) is 31.1 Å². The number of carbonyl (C=O) groups is 3. The van der Waals surface area contributed by atoms with Crippen LogP contribution in [-0.4, -0.2) is 49.2 Å². The van der Waals surface area contributed by atoms with Crippen molar-refractivity contribution in [3.8, 4) is 0 Å². The van der Waals surface area contributed by atoms with E-state index in [0.717, 1.165) is 10.6 Å². The zero-order valence-corrected chi connectivity index (χ0v) is 13.8. The molecule has 26 heavy (non-hydrogen) atoms. The van der Waals surface area contributed by atoms with Gasteiger partial charge in [0.1, 0.15) is 0 Å².